The summed E-state index contributed by atoms with van der Waals surface area (Å²) in [6.07, 6.45) is 4.51. The van der Waals surface area contributed by atoms with Gasteiger partial charge in [-0.15, -0.1) is 0 Å². The largest absolute Gasteiger partial charge is 0.382 e. The van der Waals surface area contributed by atoms with E-state index >= 15 is 0 Å². The number of β-amino-alcohol motifs (C(OH)–C–C–N with tert-alkyl or cyclic N) is 1. The zero-order valence-corrected chi connectivity index (χ0v) is 8.77. The molecule has 2 rings (SSSR count). The molecule has 1 saturated heterocycles. The third-order valence-corrected chi connectivity index (χ3v) is 2.91. The molecule has 1 N–H and O–H groups in total. The molecule has 0 amide bonds. The molecule has 0 aromatic carbocycles. The molecule has 0 aliphatic carbocycles. The van der Waals surface area contributed by atoms with Gasteiger partial charge < -0.3 is 14.6 Å². The number of likely N-dealkylation sites (N-methyl/N-ethyl adjacent to an activating group) is 1. The topological polar surface area (TPSA) is 41.3 Å². The van der Waals surface area contributed by atoms with Gasteiger partial charge in [0.2, 0.25) is 0 Å². The third kappa shape index (κ3) is 1.55. The monoisotopic (exact) mass is 195 g/mol. The number of aryl methyl sites for hydroxylation is 1. The maximum absolute atomic E-state index is 10.3. The summed E-state index contributed by atoms with van der Waals surface area (Å²) in [4.78, 5) is 6.39. The molecule has 2 heterocycles. The smallest absolute Gasteiger partial charge is 0.122 e. The van der Waals surface area contributed by atoms with E-state index in [4.69, 9.17) is 0 Å². The van der Waals surface area contributed by atoms with Crippen molar-refractivity contribution in [3.8, 4) is 0 Å². The van der Waals surface area contributed by atoms with Gasteiger partial charge in [-0.2, -0.15) is 0 Å². The quantitative estimate of drug-likeness (QED) is 0.744. The molecule has 4 nitrogen and oxygen atoms in total. The summed E-state index contributed by atoms with van der Waals surface area (Å²) in [5, 5.41) is 10.3. The Bertz CT molecular complexity index is 323. The van der Waals surface area contributed by atoms with Crippen molar-refractivity contribution >= 4 is 0 Å². The van der Waals surface area contributed by atoms with Crippen LogP contribution in [0.15, 0.2) is 12.5 Å². The number of nitrogens with zero attached hydrogens (tertiary/aromatic N) is 3. The Balaban J connectivity index is 2.21. The Morgan fingerprint density at radius 2 is 2.43 bits per heavy atom. The van der Waals surface area contributed by atoms with Gasteiger partial charge in [-0.05, 0) is 20.4 Å². The highest BCUT2D eigenvalue weighted by molar-refractivity contribution is 5.12. The summed E-state index contributed by atoms with van der Waals surface area (Å²) >= 11 is 0. The normalized spacial score (nSPS) is 28.5. The lowest BCUT2D eigenvalue weighted by molar-refractivity contribution is 0.0448. The van der Waals surface area contributed by atoms with E-state index in [0.29, 0.717) is 6.54 Å². The highest BCUT2D eigenvalue weighted by Gasteiger charge is 2.37. The van der Waals surface area contributed by atoms with Crippen LogP contribution in [0.3, 0.4) is 0 Å². The summed E-state index contributed by atoms with van der Waals surface area (Å²) < 4.78 is 1.99. The minimum absolute atomic E-state index is 0.688. The predicted octanol–water partition coefficient (Wildman–Crippen LogP) is 0.426. The number of imidazole rings is 1. The number of hydrogen-bond acceptors (Lipinski definition) is 3. The van der Waals surface area contributed by atoms with Crippen LogP contribution in [0.5, 0.6) is 0 Å². The summed E-state index contributed by atoms with van der Waals surface area (Å²) in [6.45, 7) is 4.60. The number of likely N-dealkylation sites (tertiary alicyclic amines) is 1. The van der Waals surface area contributed by atoms with Crippen LogP contribution in [-0.4, -0.2) is 39.7 Å². The molecule has 0 spiro atoms. The first-order chi connectivity index (χ1) is 6.64. The van der Waals surface area contributed by atoms with Gasteiger partial charge in [0.1, 0.15) is 5.60 Å². The van der Waals surface area contributed by atoms with Crippen molar-refractivity contribution in [1.29, 1.82) is 0 Å². The maximum atomic E-state index is 10.3. The lowest BCUT2D eigenvalue weighted by Gasteiger charge is -2.19. The molecule has 1 unspecified atom stereocenters. The van der Waals surface area contributed by atoms with Gasteiger partial charge in [0.15, 0.2) is 0 Å². The molecule has 1 aliphatic rings. The fourth-order valence-corrected chi connectivity index (χ4v) is 1.96. The predicted molar refractivity (Wildman–Crippen MR) is 53.9 cm³/mol. The highest BCUT2D eigenvalue weighted by Crippen LogP contribution is 2.29. The lowest BCUT2D eigenvalue weighted by Crippen LogP contribution is -2.29. The average Bonchev–Trinajstić information content (AvgIpc) is 2.73. The SMILES string of the molecule is CCn1cnc(C2(O)CCN(C)C2)c1. The van der Waals surface area contributed by atoms with Crippen molar-refractivity contribution < 1.29 is 5.11 Å². The van der Waals surface area contributed by atoms with Crippen molar-refractivity contribution in [3.05, 3.63) is 18.2 Å². The highest BCUT2D eigenvalue weighted by atomic mass is 16.3. The minimum Gasteiger partial charge on any atom is -0.382 e. The van der Waals surface area contributed by atoms with Gasteiger partial charge in [0.25, 0.3) is 0 Å². The molecule has 1 aromatic rings. The molecular formula is C10H17N3O. The van der Waals surface area contributed by atoms with Crippen molar-refractivity contribution in [3.63, 3.8) is 0 Å². The van der Waals surface area contributed by atoms with Crippen LogP contribution >= 0.6 is 0 Å². The van der Waals surface area contributed by atoms with Gasteiger partial charge in [0.05, 0.1) is 12.0 Å². The van der Waals surface area contributed by atoms with Crippen LogP contribution in [0.25, 0.3) is 0 Å². The fraction of sp³-hybridized carbons (Fsp3) is 0.700. The molecular weight excluding hydrogens is 178 g/mol. The molecule has 0 bridgehead atoms. The van der Waals surface area contributed by atoms with Gasteiger partial charge in [-0.1, -0.05) is 0 Å². The van der Waals surface area contributed by atoms with Crippen LogP contribution < -0.4 is 0 Å². The van der Waals surface area contributed by atoms with E-state index in [1.807, 2.05) is 17.8 Å². The van der Waals surface area contributed by atoms with Crippen molar-refractivity contribution in [1.82, 2.24) is 14.5 Å². The van der Waals surface area contributed by atoms with Crippen LogP contribution in [-0.2, 0) is 12.1 Å². The first-order valence-electron chi connectivity index (χ1n) is 5.07. The maximum Gasteiger partial charge on any atom is 0.122 e. The molecule has 1 fully saturated rings. The van der Waals surface area contributed by atoms with Crippen molar-refractivity contribution in [2.45, 2.75) is 25.5 Å². The van der Waals surface area contributed by atoms with Gasteiger partial charge in [0, 0.05) is 25.8 Å². The Hall–Kier alpha value is -0.870. The second-order valence-electron chi connectivity index (χ2n) is 4.11. The van der Waals surface area contributed by atoms with E-state index in [9.17, 15) is 5.11 Å². The van der Waals surface area contributed by atoms with Gasteiger partial charge in [-0.25, -0.2) is 4.98 Å². The Morgan fingerprint density at radius 1 is 1.64 bits per heavy atom. The molecule has 1 aromatic heterocycles. The van der Waals surface area contributed by atoms with E-state index in [1.165, 1.54) is 0 Å². The number of aliphatic hydroxyl groups is 1. The molecule has 0 radical (unpaired) electrons. The minimum atomic E-state index is -0.727. The second kappa shape index (κ2) is 3.37. The standard InChI is InChI=1S/C10H17N3O/c1-3-13-6-9(11-8-13)10(14)4-5-12(2)7-10/h6,8,14H,3-5,7H2,1-2H3. The zero-order valence-electron chi connectivity index (χ0n) is 8.77. The van der Waals surface area contributed by atoms with E-state index in [2.05, 4.69) is 16.8 Å². The van der Waals surface area contributed by atoms with Crippen LogP contribution in [0.2, 0.25) is 0 Å². The fourth-order valence-electron chi connectivity index (χ4n) is 1.96. The van der Waals surface area contributed by atoms with E-state index in [1.54, 1.807) is 6.33 Å². The Kier molecular flexibility index (Phi) is 2.33. The number of hydrogen-bond donors (Lipinski definition) is 1. The van der Waals surface area contributed by atoms with E-state index in [0.717, 1.165) is 25.2 Å². The first kappa shape index (κ1) is 9.68. The Labute approximate surface area is 84.2 Å². The molecule has 0 saturated carbocycles. The van der Waals surface area contributed by atoms with Gasteiger partial charge in [-0.3, -0.25) is 0 Å². The summed E-state index contributed by atoms with van der Waals surface area (Å²) in [7, 11) is 2.02. The second-order valence-corrected chi connectivity index (χ2v) is 4.11. The Morgan fingerprint density at radius 3 is 2.93 bits per heavy atom. The number of aromatic nitrogens is 2. The summed E-state index contributed by atoms with van der Waals surface area (Å²) in [5.74, 6) is 0. The first-order valence-corrected chi connectivity index (χ1v) is 5.07. The lowest BCUT2D eigenvalue weighted by atomic mass is 10.00. The van der Waals surface area contributed by atoms with Crippen molar-refractivity contribution in [2.75, 3.05) is 20.1 Å². The summed E-state index contributed by atoms with van der Waals surface area (Å²) in [5.41, 5.74) is 0.0820. The van der Waals surface area contributed by atoms with Crippen LogP contribution in [0.4, 0.5) is 0 Å². The number of rotatable bonds is 2. The summed E-state index contributed by atoms with van der Waals surface area (Å²) in [6, 6.07) is 0. The average molecular weight is 195 g/mol. The van der Waals surface area contributed by atoms with E-state index < -0.39 is 5.60 Å². The molecule has 78 valence electrons. The molecule has 14 heavy (non-hydrogen) atoms. The van der Waals surface area contributed by atoms with Gasteiger partial charge >= 0.3 is 0 Å². The third-order valence-electron chi connectivity index (χ3n) is 2.91. The molecule has 4 heteroatoms. The van der Waals surface area contributed by atoms with Crippen LogP contribution in [0, 0.1) is 0 Å². The van der Waals surface area contributed by atoms with Crippen LogP contribution in [0.1, 0.15) is 19.0 Å². The molecule has 1 aliphatic heterocycles. The molecule has 1 atom stereocenters. The van der Waals surface area contributed by atoms with Crippen molar-refractivity contribution in [2.24, 2.45) is 0 Å². The zero-order chi connectivity index (χ0) is 10.2. The van der Waals surface area contributed by atoms with E-state index in [-0.39, 0.29) is 0 Å².